The van der Waals surface area contributed by atoms with Crippen molar-refractivity contribution in [3.8, 4) is 22.8 Å². The van der Waals surface area contributed by atoms with Crippen LogP contribution < -0.4 is 4.74 Å². The molecule has 116 valence electrons. The minimum atomic E-state index is 0.760. The molecular weight excluding hydrogens is 284 g/mol. The van der Waals surface area contributed by atoms with E-state index in [-0.39, 0.29) is 0 Å². The first kappa shape index (κ1) is 14.1. The maximum Gasteiger partial charge on any atom is 0.148 e. The first-order chi connectivity index (χ1) is 11.1. The Hall–Kier alpha value is -2.55. The molecule has 0 N–H and O–H groups in total. The molecule has 1 aliphatic rings. The zero-order valence-corrected chi connectivity index (χ0v) is 13.8. The molecular formula is C20H20N2O. The zero-order chi connectivity index (χ0) is 16.0. The summed E-state index contributed by atoms with van der Waals surface area (Å²) in [6, 6.07) is 10.8. The highest BCUT2D eigenvalue weighted by molar-refractivity contribution is 5.70. The van der Waals surface area contributed by atoms with Crippen molar-refractivity contribution >= 4 is 0 Å². The summed E-state index contributed by atoms with van der Waals surface area (Å²) in [5, 5.41) is 0. The summed E-state index contributed by atoms with van der Waals surface area (Å²) < 4.78 is 8.05. The smallest absolute Gasteiger partial charge is 0.148 e. The van der Waals surface area contributed by atoms with Gasteiger partial charge in [-0.1, -0.05) is 29.8 Å². The van der Waals surface area contributed by atoms with Crippen molar-refractivity contribution in [3.05, 3.63) is 65.0 Å². The average molecular weight is 304 g/mol. The van der Waals surface area contributed by atoms with Crippen LogP contribution >= 0.6 is 0 Å². The van der Waals surface area contributed by atoms with Crippen molar-refractivity contribution in [1.29, 1.82) is 0 Å². The van der Waals surface area contributed by atoms with Crippen LogP contribution in [0, 0.1) is 20.8 Å². The van der Waals surface area contributed by atoms with E-state index in [1.165, 1.54) is 27.9 Å². The van der Waals surface area contributed by atoms with Gasteiger partial charge in [-0.2, -0.15) is 0 Å². The van der Waals surface area contributed by atoms with Crippen LogP contribution in [0.15, 0.2) is 42.7 Å². The van der Waals surface area contributed by atoms with E-state index in [0.717, 1.165) is 30.2 Å². The fourth-order valence-corrected chi connectivity index (χ4v) is 3.63. The molecule has 0 saturated carbocycles. The van der Waals surface area contributed by atoms with Crippen LogP contribution in [0.3, 0.4) is 0 Å². The van der Waals surface area contributed by atoms with Crippen LogP contribution in [0.5, 0.6) is 5.75 Å². The molecule has 2 heterocycles. The lowest BCUT2D eigenvalue weighted by Gasteiger charge is -2.16. The Labute approximate surface area is 136 Å². The fourth-order valence-electron chi connectivity index (χ4n) is 3.63. The number of fused-ring (bicyclic) bond motifs is 1. The van der Waals surface area contributed by atoms with Gasteiger partial charge in [0.1, 0.15) is 11.6 Å². The monoisotopic (exact) mass is 304 g/mol. The Morgan fingerprint density at radius 3 is 2.65 bits per heavy atom. The van der Waals surface area contributed by atoms with E-state index in [2.05, 4.69) is 60.7 Å². The van der Waals surface area contributed by atoms with E-state index in [4.69, 9.17) is 4.74 Å². The number of imidazole rings is 1. The molecule has 3 heteroatoms. The summed E-state index contributed by atoms with van der Waals surface area (Å²) in [7, 11) is 0. The number of benzene rings is 2. The second-order valence-corrected chi connectivity index (χ2v) is 6.26. The molecule has 0 spiro atoms. The zero-order valence-electron chi connectivity index (χ0n) is 13.8. The normalized spacial score (nSPS) is 13.0. The quantitative estimate of drug-likeness (QED) is 0.701. The van der Waals surface area contributed by atoms with E-state index in [9.17, 15) is 0 Å². The van der Waals surface area contributed by atoms with Crippen LogP contribution in [0.1, 0.15) is 22.3 Å². The molecule has 3 aromatic rings. The van der Waals surface area contributed by atoms with Crippen molar-refractivity contribution in [1.82, 2.24) is 9.55 Å². The Morgan fingerprint density at radius 2 is 1.87 bits per heavy atom. The summed E-state index contributed by atoms with van der Waals surface area (Å²) in [6.07, 6.45) is 4.88. The Balaban J connectivity index is 1.93. The van der Waals surface area contributed by atoms with Gasteiger partial charge < -0.3 is 4.74 Å². The summed E-state index contributed by atoms with van der Waals surface area (Å²) in [6.45, 7) is 7.21. The number of rotatable bonds is 2. The number of para-hydroxylation sites is 1. The molecule has 0 saturated heterocycles. The third-order valence-electron chi connectivity index (χ3n) is 4.47. The topological polar surface area (TPSA) is 27.1 Å². The van der Waals surface area contributed by atoms with E-state index in [1.807, 2.05) is 12.4 Å². The van der Waals surface area contributed by atoms with Gasteiger partial charge in [0.15, 0.2) is 0 Å². The number of hydrogen-bond donors (Lipinski definition) is 0. The molecule has 1 aromatic heterocycles. The van der Waals surface area contributed by atoms with Crippen LogP contribution in [-0.2, 0) is 6.42 Å². The largest absolute Gasteiger partial charge is 0.492 e. The van der Waals surface area contributed by atoms with Gasteiger partial charge in [0.05, 0.1) is 17.9 Å². The first-order valence-corrected chi connectivity index (χ1v) is 8.02. The molecule has 0 atom stereocenters. The fraction of sp³-hybridized carbons (Fsp3) is 0.250. The van der Waals surface area contributed by atoms with Crippen molar-refractivity contribution in [3.63, 3.8) is 0 Å². The van der Waals surface area contributed by atoms with Crippen LogP contribution in [-0.4, -0.2) is 16.2 Å². The molecule has 4 rings (SSSR count). The van der Waals surface area contributed by atoms with Gasteiger partial charge >= 0.3 is 0 Å². The van der Waals surface area contributed by atoms with Gasteiger partial charge in [-0.05, 0) is 43.5 Å². The number of hydrogen-bond acceptors (Lipinski definition) is 2. The van der Waals surface area contributed by atoms with Crippen molar-refractivity contribution in [2.75, 3.05) is 6.61 Å². The Kier molecular flexibility index (Phi) is 3.22. The van der Waals surface area contributed by atoms with E-state index >= 15 is 0 Å². The highest BCUT2D eigenvalue weighted by Gasteiger charge is 2.21. The molecule has 0 fully saturated rings. The first-order valence-electron chi connectivity index (χ1n) is 8.02. The van der Waals surface area contributed by atoms with E-state index < -0.39 is 0 Å². The predicted octanol–water partition coefficient (Wildman–Crippen LogP) is 4.40. The summed E-state index contributed by atoms with van der Waals surface area (Å²) >= 11 is 0. The standard InChI is InChI=1S/C20H20N2O/c1-13-11-14(2)18(15(3)12-13)22-9-8-21-20(22)17-6-4-5-16-7-10-23-19(16)17/h4-6,8-9,11-12H,7,10H2,1-3H3. The average Bonchev–Trinajstić information content (AvgIpc) is 3.14. The molecule has 0 radical (unpaired) electrons. The Morgan fingerprint density at radius 1 is 1.09 bits per heavy atom. The van der Waals surface area contributed by atoms with Crippen molar-refractivity contribution in [2.45, 2.75) is 27.2 Å². The van der Waals surface area contributed by atoms with Gasteiger partial charge in [-0.15, -0.1) is 0 Å². The maximum absolute atomic E-state index is 5.87. The van der Waals surface area contributed by atoms with E-state index in [0.29, 0.717) is 0 Å². The number of ether oxygens (including phenoxy) is 1. The molecule has 2 aromatic carbocycles. The summed E-state index contributed by atoms with van der Waals surface area (Å²) in [5.41, 5.74) is 7.36. The highest BCUT2D eigenvalue weighted by atomic mass is 16.5. The van der Waals surface area contributed by atoms with Gasteiger partial charge in [0, 0.05) is 18.8 Å². The van der Waals surface area contributed by atoms with Crippen LogP contribution in [0.2, 0.25) is 0 Å². The molecule has 0 amide bonds. The number of aromatic nitrogens is 2. The second-order valence-electron chi connectivity index (χ2n) is 6.26. The number of aryl methyl sites for hydroxylation is 3. The highest BCUT2D eigenvalue weighted by Crippen LogP contribution is 2.37. The Bertz CT molecular complexity index is 869. The number of nitrogens with zero attached hydrogens (tertiary/aromatic N) is 2. The molecule has 23 heavy (non-hydrogen) atoms. The van der Waals surface area contributed by atoms with Crippen molar-refractivity contribution < 1.29 is 4.74 Å². The lowest BCUT2D eigenvalue weighted by atomic mass is 10.0. The second kappa shape index (κ2) is 5.27. The lowest BCUT2D eigenvalue weighted by molar-refractivity contribution is 0.358. The van der Waals surface area contributed by atoms with Gasteiger partial charge in [0.2, 0.25) is 0 Å². The van der Waals surface area contributed by atoms with Gasteiger partial charge in [-0.3, -0.25) is 4.57 Å². The van der Waals surface area contributed by atoms with Crippen LogP contribution in [0.25, 0.3) is 17.1 Å². The third kappa shape index (κ3) is 2.24. The summed E-state index contributed by atoms with van der Waals surface area (Å²) in [5.74, 6) is 1.93. The molecule has 1 aliphatic heterocycles. The SMILES string of the molecule is Cc1cc(C)c(-n2ccnc2-c2cccc3c2OCC3)c(C)c1. The van der Waals surface area contributed by atoms with Gasteiger partial charge in [-0.25, -0.2) is 4.98 Å². The molecule has 3 nitrogen and oxygen atoms in total. The van der Waals surface area contributed by atoms with Gasteiger partial charge in [0.25, 0.3) is 0 Å². The summed E-state index contributed by atoms with van der Waals surface area (Å²) in [4.78, 5) is 4.63. The van der Waals surface area contributed by atoms with Crippen molar-refractivity contribution in [2.24, 2.45) is 0 Å². The molecule has 0 bridgehead atoms. The van der Waals surface area contributed by atoms with Crippen LogP contribution in [0.4, 0.5) is 0 Å². The minimum Gasteiger partial charge on any atom is -0.492 e. The minimum absolute atomic E-state index is 0.760. The maximum atomic E-state index is 5.87. The predicted molar refractivity (Wildman–Crippen MR) is 92.4 cm³/mol. The molecule has 0 unspecified atom stereocenters. The third-order valence-corrected chi connectivity index (χ3v) is 4.47. The lowest BCUT2D eigenvalue weighted by Crippen LogP contribution is -2.03. The molecule has 0 aliphatic carbocycles. The van der Waals surface area contributed by atoms with E-state index in [1.54, 1.807) is 0 Å².